The van der Waals surface area contributed by atoms with E-state index in [-0.39, 0.29) is 12.8 Å². The smallest absolute Gasteiger partial charge is 0.303 e. The molecule has 0 saturated carbocycles. The molecule has 0 aliphatic carbocycles. The van der Waals surface area contributed by atoms with E-state index in [0.29, 0.717) is 12.5 Å². The first-order chi connectivity index (χ1) is 12.6. The molecule has 1 atom stereocenters. The molecule has 0 amide bonds. The molecule has 0 saturated heterocycles. The van der Waals surface area contributed by atoms with Crippen LogP contribution in [0.5, 0.6) is 0 Å². The van der Waals surface area contributed by atoms with Gasteiger partial charge in [0.2, 0.25) is 0 Å². The number of hydrogen-bond acceptors (Lipinski definition) is 3. The predicted molar refractivity (Wildman–Crippen MR) is 102 cm³/mol. The number of aliphatic carboxylic acids is 2. The lowest BCUT2D eigenvalue weighted by Crippen LogP contribution is -2.04. The van der Waals surface area contributed by atoms with Crippen LogP contribution in [0.2, 0.25) is 0 Å². The Morgan fingerprint density at radius 3 is 1.50 bits per heavy atom. The Morgan fingerprint density at radius 2 is 1.12 bits per heavy atom. The maximum absolute atomic E-state index is 10.4. The Morgan fingerprint density at radius 1 is 0.731 bits per heavy atom. The van der Waals surface area contributed by atoms with Gasteiger partial charge in [-0.3, -0.25) is 9.59 Å². The SMILES string of the molecule is [N-]=[N+]=NCC(CCCCCCCCC(=O)O)CCCCCCCC(=O)O. The van der Waals surface area contributed by atoms with Crippen LogP contribution in [0, 0.1) is 5.92 Å². The van der Waals surface area contributed by atoms with Gasteiger partial charge in [0.25, 0.3) is 0 Å². The minimum Gasteiger partial charge on any atom is -0.481 e. The molecule has 1 unspecified atom stereocenters. The van der Waals surface area contributed by atoms with Crippen LogP contribution in [0.25, 0.3) is 10.4 Å². The molecule has 150 valence electrons. The zero-order chi connectivity index (χ0) is 19.5. The molecule has 0 aromatic heterocycles. The van der Waals surface area contributed by atoms with Crippen LogP contribution in [-0.2, 0) is 9.59 Å². The first-order valence-electron chi connectivity index (χ1n) is 10.0. The van der Waals surface area contributed by atoms with E-state index in [0.717, 1.165) is 83.5 Å². The lowest BCUT2D eigenvalue weighted by Gasteiger charge is -2.14. The van der Waals surface area contributed by atoms with Crippen LogP contribution in [0.4, 0.5) is 0 Å². The number of carboxylic acids is 2. The third-order valence-corrected chi connectivity index (χ3v) is 4.66. The van der Waals surface area contributed by atoms with Gasteiger partial charge in [-0.25, -0.2) is 0 Å². The summed E-state index contributed by atoms with van der Waals surface area (Å²) in [5, 5.41) is 20.9. The van der Waals surface area contributed by atoms with Gasteiger partial charge >= 0.3 is 11.9 Å². The van der Waals surface area contributed by atoms with Gasteiger partial charge in [-0.1, -0.05) is 75.7 Å². The monoisotopic (exact) mass is 369 g/mol. The standard InChI is InChI=1S/C19H35N3O4/c20-22-21-16-17(13-9-5-3-7-11-15-19(25)26)12-8-4-1-2-6-10-14-18(23)24/h17H,1-16H2,(H,23,24)(H,25,26). The summed E-state index contributed by atoms with van der Waals surface area (Å²) in [6, 6.07) is 0. The van der Waals surface area contributed by atoms with E-state index in [9.17, 15) is 9.59 Å². The van der Waals surface area contributed by atoms with Gasteiger partial charge in [0.15, 0.2) is 0 Å². The molecule has 0 aromatic carbocycles. The summed E-state index contributed by atoms with van der Waals surface area (Å²) in [5.74, 6) is -0.994. The minimum atomic E-state index is -0.721. The number of unbranched alkanes of at least 4 members (excludes halogenated alkanes) is 9. The molecule has 7 nitrogen and oxygen atoms in total. The number of hydrogen-bond donors (Lipinski definition) is 2. The van der Waals surface area contributed by atoms with Crippen LogP contribution in [-0.4, -0.2) is 28.7 Å². The molecule has 0 bridgehead atoms. The first kappa shape index (κ1) is 24.2. The summed E-state index contributed by atoms with van der Waals surface area (Å²) in [5.41, 5.74) is 8.53. The highest BCUT2D eigenvalue weighted by molar-refractivity contribution is 5.66. The third-order valence-electron chi connectivity index (χ3n) is 4.66. The van der Waals surface area contributed by atoms with Crippen LogP contribution in [0.15, 0.2) is 5.11 Å². The number of rotatable bonds is 19. The zero-order valence-corrected chi connectivity index (χ0v) is 15.9. The Bertz CT molecular complexity index is 423. The second-order valence-electron chi connectivity index (χ2n) is 7.03. The minimum absolute atomic E-state index is 0.260. The summed E-state index contributed by atoms with van der Waals surface area (Å²) in [4.78, 5) is 23.7. The second-order valence-corrected chi connectivity index (χ2v) is 7.03. The van der Waals surface area contributed by atoms with Gasteiger partial charge in [0, 0.05) is 24.3 Å². The highest BCUT2D eigenvalue weighted by Gasteiger charge is 2.08. The fraction of sp³-hybridized carbons (Fsp3) is 0.895. The van der Waals surface area contributed by atoms with E-state index in [4.69, 9.17) is 15.7 Å². The van der Waals surface area contributed by atoms with Crippen molar-refractivity contribution in [2.24, 2.45) is 11.0 Å². The van der Waals surface area contributed by atoms with Gasteiger partial charge in [-0.05, 0) is 24.3 Å². The summed E-state index contributed by atoms with van der Waals surface area (Å²) in [7, 11) is 0. The van der Waals surface area contributed by atoms with E-state index in [1.165, 1.54) is 0 Å². The lowest BCUT2D eigenvalue weighted by molar-refractivity contribution is -0.138. The molecular formula is C19H35N3O4. The summed E-state index contributed by atoms with van der Waals surface area (Å²) in [6.45, 7) is 0.564. The molecule has 0 aliphatic rings. The predicted octanol–water partition coefficient (Wildman–Crippen LogP) is 5.93. The van der Waals surface area contributed by atoms with Gasteiger partial charge in [-0.2, -0.15) is 0 Å². The molecule has 7 heteroatoms. The Labute approximate surface area is 156 Å². The highest BCUT2D eigenvalue weighted by atomic mass is 16.4. The van der Waals surface area contributed by atoms with Crippen LogP contribution >= 0.6 is 0 Å². The number of azide groups is 1. The highest BCUT2D eigenvalue weighted by Crippen LogP contribution is 2.20. The molecule has 0 spiro atoms. The van der Waals surface area contributed by atoms with Gasteiger partial charge in [0.05, 0.1) is 0 Å². The van der Waals surface area contributed by atoms with Crippen molar-refractivity contribution < 1.29 is 19.8 Å². The van der Waals surface area contributed by atoms with Crippen molar-refractivity contribution in [3.63, 3.8) is 0 Å². The van der Waals surface area contributed by atoms with Crippen molar-refractivity contribution in [2.45, 2.75) is 96.3 Å². The molecule has 0 aliphatic heterocycles. The van der Waals surface area contributed by atoms with Gasteiger partial charge < -0.3 is 10.2 Å². The molecular weight excluding hydrogens is 334 g/mol. The van der Waals surface area contributed by atoms with E-state index in [2.05, 4.69) is 10.0 Å². The molecule has 0 aromatic rings. The van der Waals surface area contributed by atoms with Crippen molar-refractivity contribution in [1.29, 1.82) is 0 Å². The van der Waals surface area contributed by atoms with Crippen molar-refractivity contribution >= 4 is 11.9 Å². The lowest BCUT2D eigenvalue weighted by atomic mass is 9.94. The topological polar surface area (TPSA) is 123 Å². The quantitative estimate of drug-likeness (QED) is 0.127. The normalized spacial score (nSPS) is 11.7. The molecule has 0 fully saturated rings. The molecule has 2 N–H and O–H groups in total. The molecule has 26 heavy (non-hydrogen) atoms. The fourth-order valence-electron chi connectivity index (χ4n) is 3.13. The molecule has 0 radical (unpaired) electrons. The maximum atomic E-state index is 10.4. The van der Waals surface area contributed by atoms with Crippen molar-refractivity contribution in [2.75, 3.05) is 6.54 Å². The fourth-order valence-corrected chi connectivity index (χ4v) is 3.13. The third kappa shape index (κ3) is 18.6. The van der Waals surface area contributed by atoms with Crippen LogP contribution in [0.1, 0.15) is 96.3 Å². The Balaban J connectivity index is 3.67. The number of carboxylic acid groups (broad SMARTS) is 2. The molecule has 0 heterocycles. The second kappa shape index (κ2) is 18.1. The maximum Gasteiger partial charge on any atom is 0.303 e. The van der Waals surface area contributed by atoms with Crippen LogP contribution in [0.3, 0.4) is 0 Å². The zero-order valence-electron chi connectivity index (χ0n) is 15.9. The average molecular weight is 370 g/mol. The average Bonchev–Trinajstić information content (AvgIpc) is 2.59. The van der Waals surface area contributed by atoms with Crippen molar-refractivity contribution in [1.82, 2.24) is 0 Å². The van der Waals surface area contributed by atoms with E-state index in [1.807, 2.05) is 0 Å². The Kier molecular flexibility index (Phi) is 16.8. The van der Waals surface area contributed by atoms with Gasteiger partial charge in [-0.15, -0.1) is 0 Å². The van der Waals surface area contributed by atoms with Crippen LogP contribution < -0.4 is 0 Å². The largest absolute Gasteiger partial charge is 0.481 e. The molecule has 0 rings (SSSR count). The van der Waals surface area contributed by atoms with E-state index < -0.39 is 11.9 Å². The summed E-state index contributed by atoms with van der Waals surface area (Å²) < 4.78 is 0. The van der Waals surface area contributed by atoms with Crippen molar-refractivity contribution in [3.05, 3.63) is 10.4 Å². The first-order valence-corrected chi connectivity index (χ1v) is 10.0. The number of nitrogens with zero attached hydrogens (tertiary/aromatic N) is 3. The number of carbonyl (C=O) groups is 2. The van der Waals surface area contributed by atoms with E-state index >= 15 is 0 Å². The van der Waals surface area contributed by atoms with Gasteiger partial charge in [0.1, 0.15) is 0 Å². The van der Waals surface area contributed by atoms with E-state index in [1.54, 1.807) is 0 Å². The van der Waals surface area contributed by atoms with Crippen molar-refractivity contribution in [3.8, 4) is 0 Å². The summed E-state index contributed by atoms with van der Waals surface area (Å²) >= 11 is 0. The summed E-state index contributed by atoms with van der Waals surface area (Å²) in [6.07, 6.45) is 13.9. The Hall–Kier alpha value is -1.75.